The number of nitrogens with zero attached hydrogens (tertiary/aromatic N) is 1. The number of carbonyl (C=O) groups excluding carboxylic acids is 1. The molecule has 148 valence electrons. The van der Waals surface area contributed by atoms with Crippen molar-refractivity contribution in [1.82, 2.24) is 9.62 Å². The number of rotatable bonds is 6. The van der Waals surface area contributed by atoms with Crippen LogP contribution in [-0.4, -0.2) is 31.7 Å². The van der Waals surface area contributed by atoms with Gasteiger partial charge in [-0.05, 0) is 62.3 Å². The number of hydrogen-bond acceptors (Lipinski definition) is 3. The molecule has 1 saturated carbocycles. The van der Waals surface area contributed by atoms with E-state index in [0.717, 1.165) is 31.2 Å². The summed E-state index contributed by atoms with van der Waals surface area (Å²) in [6.45, 7) is 3.15. The third-order valence-corrected chi connectivity index (χ3v) is 7.51. The Morgan fingerprint density at radius 2 is 1.75 bits per heavy atom. The maximum atomic E-state index is 12.9. The second-order valence-electron chi connectivity index (χ2n) is 7.84. The number of amides is 1. The summed E-state index contributed by atoms with van der Waals surface area (Å²) in [5.41, 5.74) is 2.67. The molecular formula is C22H26N2O3S. The molecule has 2 fully saturated rings. The van der Waals surface area contributed by atoms with Crippen LogP contribution in [0.5, 0.6) is 0 Å². The number of carbonyl (C=O) groups is 1. The van der Waals surface area contributed by atoms with Gasteiger partial charge in [-0.2, -0.15) is 4.31 Å². The van der Waals surface area contributed by atoms with Gasteiger partial charge in [0, 0.05) is 18.7 Å². The van der Waals surface area contributed by atoms with Gasteiger partial charge in [-0.1, -0.05) is 35.9 Å². The van der Waals surface area contributed by atoms with Crippen LogP contribution in [0.2, 0.25) is 0 Å². The summed E-state index contributed by atoms with van der Waals surface area (Å²) in [7, 11) is -3.53. The molecule has 1 amide bonds. The van der Waals surface area contributed by atoms with Gasteiger partial charge in [0.1, 0.15) is 0 Å². The molecule has 0 spiro atoms. The lowest BCUT2D eigenvalue weighted by Crippen LogP contribution is -2.31. The van der Waals surface area contributed by atoms with Crippen LogP contribution in [0.1, 0.15) is 53.2 Å². The monoisotopic (exact) mass is 398 g/mol. The second kappa shape index (κ2) is 7.68. The van der Waals surface area contributed by atoms with E-state index in [4.69, 9.17) is 0 Å². The third-order valence-electron chi connectivity index (χ3n) is 5.62. The maximum absolute atomic E-state index is 12.9. The Balaban J connectivity index is 1.55. The van der Waals surface area contributed by atoms with Crippen LogP contribution in [0.25, 0.3) is 0 Å². The lowest BCUT2D eigenvalue weighted by Gasteiger charge is -2.20. The van der Waals surface area contributed by atoms with E-state index in [9.17, 15) is 13.2 Å². The predicted octanol–water partition coefficient (Wildman–Crippen LogP) is 3.66. The Morgan fingerprint density at radius 1 is 1.07 bits per heavy atom. The topological polar surface area (TPSA) is 66.5 Å². The molecule has 1 atom stereocenters. The molecule has 1 unspecified atom stereocenters. The van der Waals surface area contributed by atoms with Crippen LogP contribution in [0.15, 0.2) is 53.4 Å². The van der Waals surface area contributed by atoms with Crippen LogP contribution in [-0.2, 0) is 10.0 Å². The molecule has 2 aromatic carbocycles. The van der Waals surface area contributed by atoms with Gasteiger partial charge in [-0.3, -0.25) is 4.79 Å². The van der Waals surface area contributed by atoms with Gasteiger partial charge in [0.2, 0.25) is 10.0 Å². The van der Waals surface area contributed by atoms with Crippen molar-refractivity contribution in [3.63, 3.8) is 0 Å². The largest absolute Gasteiger partial charge is 0.345 e. The minimum atomic E-state index is -3.53. The molecule has 1 heterocycles. The van der Waals surface area contributed by atoms with Gasteiger partial charge >= 0.3 is 0 Å². The van der Waals surface area contributed by atoms with Crippen molar-refractivity contribution in [2.24, 2.45) is 5.92 Å². The first-order valence-corrected chi connectivity index (χ1v) is 11.4. The zero-order chi connectivity index (χ0) is 19.7. The highest BCUT2D eigenvalue weighted by Gasteiger charge is 2.34. The average Bonchev–Trinajstić information content (AvgIpc) is 3.38. The van der Waals surface area contributed by atoms with Crippen molar-refractivity contribution in [3.05, 3.63) is 65.2 Å². The fourth-order valence-corrected chi connectivity index (χ4v) is 5.34. The van der Waals surface area contributed by atoms with E-state index in [0.29, 0.717) is 24.6 Å². The highest BCUT2D eigenvalue weighted by molar-refractivity contribution is 7.89. The zero-order valence-corrected chi connectivity index (χ0v) is 16.9. The van der Waals surface area contributed by atoms with Crippen LogP contribution >= 0.6 is 0 Å². The summed E-state index contributed by atoms with van der Waals surface area (Å²) in [4.78, 5) is 13.1. The first kappa shape index (κ1) is 19.2. The first-order chi connectivity index (χ1) is 13.4. The molecule has 1 N–H and O–H groups in total. The predicted molar refractivity (Wildman–Crippen MR) is 109 cm³/mol. The SMILES string of the molecule is Cc1ccc(C(NC(=O)c2cccc(S(=O)(=O)N3CCCC3)c2)C2CC2)cc1. The molecule has 2 aromatic rings. The summed E-state index contributed by atoms with van der Waals surface area (Å²) in [6, 6.07) is 14.6. The molecule has 28 heavy (non-hydrogen) atoms. The van der Waals surface area contributed by atoms with E-state index in [2.05, 4.69) is 29.6 Å². The minimum Gasteiger partial charge on any atom is -0.345 e. The molecule has 1 saturated heterocycles. The molecule has 5 nitrogen and oxygen atoms in total. The van der Waals surface area contributed by atoms with E-state index >= 15 is 0 Å². The third kappa shape index (κ3) is 3.98. The molecule has 4 rings (SSSR count). The number of sulfonamides is 1. The van der Waals surface area contributed by atoms with Gasteiger partial charge in [-0.15, -0.1) is 0 Å². The van der Waals surface area contributed by atoms with Crippen molar-refractivity contribution in [2.45, 2.75) is 43.5 Å². The Kier molecular flexibility index (Phi) is 5.25. The standard InChI is InChI=1S/C22H26N2O3S/c1-16-7-9-17(10-8-16)21(18-11-12-18)23-22(25)19-5-4-6-20(15-19)28(26,27)24-13-2-3-14-24/h4-10,15,18,21H,2-3,11-14H2,1H3,(H,23,25). The van der Waals surface area contributed by atoms with Crippen molar-refractivity contribution in [3.8, 4) is 0 Å². The molecule has 1 aliphatic carbocycles. The number of benzene rings is 2. The Morgan fingerprint density at radius 3 is 2.39 bits per heavy atom. The van der Waals surface area contributed by atoms with Crippen molar-refractivity contribution >= 4 is 15.9 Å². The fourth-order valence-electron chi connectivity index (χ4n) is 3.78. The molecule has 1 aliphatic heterocycles. The van der Waals surface area contributed by atoms with E-state index in [1.165, 1.54) is 15.9 Å². The Bertz CT molecular complexity index is 960. The van der Waals surface area contributed by atoms with Crippen LogP contribution < -0.4 is 5.32 Å². The summed E-state index contributed by atoms with van der Waals surface area (Å²) >= 11 is 0. The summed E-state index contributed by atoms with van der Waals surface area (Å²) < 4.78 is 27.1. The van der Waals surface area contributed by atoms with Crippen LogP contribution in [0.3, 0.4) is 0 Å². The number of nitrogens with one attached hydrogen (secondary N) is 1. The van der Waals surface area contributed by atoms with E-state index < -0.39 is 10.0 Å². The Labute approximate surface area is 166 Å². The van der Waals surface area contributed by atoms with Gasteiger partial charge < -0.3 is 5.32 Å². The molecule has 0 bridgehead atoms. The first-order valence-electron chi connectivity index (χ1n) is 9.93. The van der Waals surface area contributed by atoms with Gasteiger partial charge in [0.25, 0.3) is 5.91 Å². The molecule has 0 aromatic heterocycles. The number of hydrogen-bond donors (Lipinski definition) is 1. The number of aryl methyl sites for hydroxylation is 1. The van der Waals surface area contributed by atoms with Gasteiger partial charge in [-0.25, -0.2) is 8.42 Å². The van der Waals surface area contributed by atoms with Crippen LogP contribution in [0, 0.1) is 12.8 Å². The quantitative estimate of drug-likeness (QED) is 0.807. The molecule has 0 radical (unpaired) electrons. The van der Waals surface area contributed by atoms with Crippen molar-refractivity contribution in [1.29, 1.82) is 0 Å². The fraction of sp³-hybridized carbons (Fsp3) is 0.409. The zero-order valence-electron chi connectivity index (χ0n) is 16.1. The molecular weight excluding hydrogens is 372 g/mol. The van der Waals surface area contributed by atoms with Crippen LogP contribution in [0.4, 0.5) is 0 Å². The van der Waals surface area contributed by atoms with Gasteiger partial charge in [0.15, 0.2) is 0 Å². The lowest BCUT2D eigenvalue weighted by atomic mass is 10.0. The summed E-state index contributed by atoms with van der Waals surface area (Å²) in [5, 5.41) is 3.13. The lowest BCUT2D eigenvalue weighted by molar-refractivity contribution is 0.0931. The van der Waals surface area contributed by atoms with E-state index in [1.807, 2.05) is 6.92 Å². The van der Waals surface area contributed by atoms with Crippen molar-refractivity contribution < 1.29 is 13.2 Å². The minimum absolute atomic E-state index is 0.0352. The highest BCUT2D eigenvalue weighted by Crippen LogP contribution is 2.41. The van der Waals surface area contributed by atoms with Gasteiger partial charge in [0.05, 0.1) is 10.9 Å². The van der Waals surface area contributed by atoms with Crippen molar-refractivity contribution in [2.75, 3.05) is 13.1 Å². The molecule has 2 aliphatic rings. The highest BCUT2D eigenvalue weighted by atomic mass is 32.2. The van der Waals surface area contributed by atoms with E-state index in [-0.39, 0.29) is 16.8 Å². The van der Waals surface area contributed by atoms with E-state index in [1.54, 1.807) is 18.2 Å². The second-order valence-corrected chi connectivity index (χ2v) is 9.78. The molecule has 6 heteroatoms. The normalized spacial score (nSPS) is 18.8. The summed E-state index contributed by atoms with van der Waals surface area (Å²) in [5.74, 6) is 0.221. The summed E-state index contributed by atoms with van der Waals surface area (Å²) in [6.07, 6.45) is 3.97. The average molecular weight is 399 g/mol. The maximum Gasteiger partial charge on any atom is 0.251 e. The smallest absolute Gasteiger partial charge is 0.251 e. The Hall–Kier alpha value is -2.18.